The fraction of sp³-hybridized carbons (Fsp3) is 0.304. The summed E-state index contributed by atoms with van der Waals surface area (Å²) < 4.78 is 11.4. The Kier molecular flexibility index (Phi) is 4.88. The molecule has 2 aliphatic heterocycles. The van der Waals surface area contributed by atoms with E-state index in [1.54, 1.807) is 13.3 Å². The van der Waals surface area contributed by atoms with Crippen LogP contribution in [0.3, 0.4) is 0 Å². The first-order valence-electron chi connectivity index (χ1n) is 10.2. The van der Waals surface area contributed by atoms with Crippen LogP contribution in [0, 0.1) is 0 Å². The molecular weight excluding hydrogens is 378 g/mol. The second kappa shape index (κ2) is 7.84. The number of anilines is 4. The molecule has 0 saturated heterocycles. The maximum Gasteiger partial charge on any atom is 0.229 e. The molecule has 154 valence electrons. The van der Waals surface area contributed by atoms with Gasteiger partial charge in [0.1, 0.15) is 12.4 Å². The van der Waals surface area contributed by atoms with E-state index in [2.05, 4.69) is 51.4 Å². The fourth-order valence-corrected chi connectivity index (χ4v) is 4.04. The van der Waals surface area contributed by atoms with Crippen molar-refractivity contribution >= 4 is 23.1 Å². The van der Waals surface area contributed by atoms with Crippen molar-refractivity contribution in [1.29, 1.82) is 0 Å². The van der Waals surface area contributed by atoms with E-state index in [9.17, 15) is 0 Å². The normalized spacial score (nSPS) is 15.7. The lowest BCUT2D eigenvalue weighted by Gasteiger charge is -2.30. The van der Waals surface area contributed by atoms with Crippen molar-refractivity contribution in [2.75, 3.05) is 44.1 Å². The Balaban J connectivity index is 1.48. The molecule has 0 unspecified atom stereocenters. The summed E-state index contributed by atoms with van der Waals surface area (Å²) in [5.41, 5.74) is 4.60. The van der Waals surface area contributed by atoms with Gasteiger partial charge < -0.3 is 24.6 Å². The summed E-state index contributed by atoms with van der Waals surface area (Å²) in [6, 6.07) is 14.5. The Hall–Kier alpha value is -3.32. The Morgan fingerprint density at radius 3 is 2.80 bits per heavy atom. The van der Waals surface area contributed by atoms with E-state index >= 15 is 0 Å². The van der Waals surface area contributed by atoms with Crippen LogP contribution in [0.2, 0.25) is 0 Å². The Morgan fingerprint density at radius 2 is 1.97 bits per heavy atom. The summed E-state index contributed by atoms with van der Waals surface area (Å²) in [5.74, 6) is 2.77. The molecule has 0 spiro atoms. The molecule has 2 aliphatic rings. The topological polar surface area (TPSA) is 62.8 Å². The molecule has 0 atom stereocenters. The first-order valence-corrected chi connectivity index (χ1v) is 10.2. The minimum atomic E-state index is 0.516. The molecule has 1 N–H and O–H groups in total. The van der Waals surface area contributed by atoms with Gasteiger partial charge >= 0.3 is 0 Å². The third-order valence-corrected chi connectivity index (χ3v) is 5.60. The average Bonchev–Trinajstić information content (AvgIpc) is 2.78. The molecule has 7 heteroatoms. The van der Waals surface area contributed by atoms with Gasteiger partial charge in [0.2, 0.25) is 5.95 Å². The van der Waals surface area contributed by atoms with Gasteiger partial charge in [-0.3, -0.25) is 0 Å². The van der Waals surface area contributed by atoms with Gasteiger partial charge in [-0.2, -0.15) is 4.98 Å². The fourth-order valence-electron chi connectivity index (χ4n) is 4.04. The van der Waals surface area contributed by atoms with Gasteiger partial charge in [0, 0.05) is 18.8 Å². The first-order chi connectivity index (χ1) is 14.7. The zero-order chi connectivity index (χ0) is 20.5. The Bertz CT molecular complexity index is 1060. The van der Waals surface area contributed by atoms with Crippen molar-refractivity contribution in [3.05, 3.63) is 59.8 Å². The minimum Gasteiger partial charge on any atom is -0.495 e. The summed E-state index contributed by atoms with van der Waals surface area (Å²) in [6.45, 7) is 3.33. The lowest BCUT2D eigenvalue weighted by atomic mass is 9.99. The van der Waals surface area contributed by atoms with E-state index < -0.39 is 0 Å². The summed E-state index contributed by atoms with van der Waals surface area (Å²) >= 11 is 0. The van der Waals surface area contributed by atoms with E-state index in [0.717, 1.165) is 49.0 Å². The van der Waals surface area contributed by atoms with Crippen LogP contribution in [-0.4, -0.2) is 48.7 Å². The molecule has 0 aliphatic carbocycles. The number of hydrogen-bond donors (Lipinski definition) is 1. The molecule has 1 aromatic heterocycles. The zero-order valence-corrected chi connectivity index (χ0v) is 17.3. The molecule has 3 heterocycles. The zero-order valence-electron chi connectivity index (χ0n) is 17.3. The average molecular weight is 403 g/mol. The lowest BCUT2D eigenvalue weighted by molar-refractivity contribution is 0.310. The predicted molar refractivity (Wildman–Crippen MR) is 117 cm³/mol. The molecule has 30 heavy (non-hydrogen) atoms. The van der Waals surface area contributed by atoms with E-state index in [1.165, 1.54) is 11.1 Å². The highest BCUT2D eigenvalue weighted by atomic mass is 16.5. The molecule has 5 rings (SSSR count). The summed E-state index contributed by atoms with van der Waals surface area (Å²) in [5, 5.41) is 3.36. The van der Waals surface area contributed by atoms with Crippen LogP contribution < -0.4 is 19.7 Å². The minimum absolute atomic E-state index is 0.516. The van der Waals surface area contributed by atoms with Crippen LogP contribution >= 0.6 is 0 Å². The maximum atomic E-state index is 5.79. The number of nitrogens with one attached hydrogen (secondary N) is 1. The van der Waals surface area contributed by atoms with Gasteiger partial charge in [-0.05, 0) is 48.9 Å². The number of methoxy groups -OCH3 is 1. The van der Waals surface area contributed by atoms with Crippen molar-refractivity contribution in [3.8, 4) is 11.5 Å². The number of hydrogen-bond acceptors (Lipinski definition) is 7. The van der Waals surface area contributed by atoms with Gasteiger partial charge in [-0.25, -0.2) is 4.98 Å². The number of benzene rings is 2. The Labute approximate surface area is 176 Å². The molecule has 2 aromatic carbocycles. The Morgan fingerprint density at radius 1 is 1.10 bits per heavy atom. The van der Waals surface area contributed by atoms with Crippen LogP contribution in [0.25, 0.3) is 0 Å². The largest absolute Gasteiger partial charge is 0.495 e. The maximum absolute atomic E-state index is 5.79. The molecule has 3 aromatic rings. The van der Waals surface area contributed by atoms with Gasteiger partial charge in [0.05, 0.1) is 25.5 Å². The quantitative estimate of drug-likeness (QED) is 0.712. The van der Waals surface area contributed by atoms with Crippen molar-refractivity contribution in [2.24, 2.45) is 0 Å². The number of aromatic nitrogens is 2. The second-order valence-corrected chi connectivity index (χ2v) is 7.65. The molecule has 0 amide bonds. The number of nitrogens with zero attached hydrogens (tertiary/aromatic N) is 4. The molecule has 0 radical (unpaired) electrons. The monoisotopic (exact) mass is 403 g/mol. The second-order valence-electron chi connectivity index (χ2n) is 7.65. The van der Waals surface area contributed by atoms with E-state index in [-0.39, 0.29) is 0 Å². The summed E-state index contributed by atoms with van der Waals surface area (Å²) in [7, 11) is 3.84. The molecule has 0 fully saturated rings. The third-order valence-electron chi connectivity index (χ3n) is 5.60. The van der Waals surface area contributed by atoms with Gasteiger partial charge in [0.25, 0.3) is 0 Å². The third kappa shape index (κ3) is 3.52. The van der Waals surface area contributed by atoms with Crippen LogP contribution in [0.1, 0.15) is 11.1 Å². The summed E-state index contributed by atoms with van der Waals surface area (Å²) in [6.07, 6.45) is 2.76. The summed E-state index contributed by atoms with van der Waals surface area (Å²) in [4.78, 5) is 13.7. The first kappa shape index (κ1) is 18.7. The molecular formula is C23H25N5O2. The molecule has 0 bridgehead atoms. The van der Waals surface area contributed by atoms with Crippen molar-refractivity contribution < 1.29 is 9.47 Å². The van der Waals surface area contributed by atoms with Crippen molar-refractivity contribution in [2.45, 2.75) is 13.0 Å². The number of para-hydroxylation sites is 1. The number of ether oxygens (including phenoxy) is 2. The molecule has 7 nitrogen and oxygen atoms in total. The number of fused-ring (bicyclic) bond motifs is 2. The lowest BCUT2D eigenvalue weighted by Crippen LogP contribution is -2.29. The smallest absolute Gasteiger partial charge is 0.229 e. The van der Waals surface area contributed by atoms with Crippen LogP contribution in [0.4, 0.5) is 23.1 Å². The predicted octanol–water partition coefficient (Wildman–Crippen LogP) is 3.75. The van der Waals surface area contributed by atoms with Gasteiger partial charge in [-0.15, -0.1) is 0 Å². The molecule has 0 saturated carbocycles. The van der Waals surface area contributed by atoms with Crippen LogP contribution in [0.5, 0.6) is 11.5 Å². The highest BCUT2D eigenvalue weighted by molar-refractivity contribution is 5.70. The van der Waals surface area contributed by atoms with Crippen LogP contribution in [-0.2, 0) is 13.0 Å². The highest BCUT2D eigenvalue weighted by Gasteiger charge is 2.23. The SMILES string of the molecule is COc1cc2c(cc1Nc1ncc3c(n1)N(c1ccccc1)CCO3)CN(C)CC2. The number of rotatable bonds is 4. The van der Waals surface area contributed by atoms with Gasteiger partial charge in [-0.1, -0.05) is 18.2 Å². The standard InChI is InChI=1S/C23H25N5O2/c1-27-9-8-16-13-20(29-2)19(12-17(16)15-27)25-23-24-14-21-22(26-23)28(10-11-30-21)18-6-4-3-5-7-18/h3-7,12-14H,8-11,15H2,1-2H3,(H,24,25,26). The van der Waals surface area contributed by atoms with Crippen molar-refractivity contribution in [1.82, 2.24) is 14.9 Å². The van der Waals surface area contributed by atoms with Crippen molar-refractivity contribution in [3.63, 3.8) is 0 Å². The van der Waals surface area contributed by atoms with E-state index in [1.807, 2.05) is 18.2 Å². The van der Waals surface area contributed by atoms with E-state index in [4.69, 9.17) is 14.5 Å². The van der Waals surface area contributed by atoms with Crippen LogP contribution in [0.15, 0.2) is 48.7 Å². The van der Waals surface area contributed by atoms with Gasteiger partial charge in [0.15, 0.2) is 11.6 Å². The highest BCUT2D eigenvalue weighted by Crippen LogP contribution is 2.37. The number of likely N-dealkylation sites (N-methyl/N-ethyl adjacent to an activating group) is 1. The van der Waals surface area contributed by atoms with E-state index in [0.29, 0.717) is 18.3 Å².